The monoisotopic (exact) mass is 297 g/mol. The van der Waals surface area contributed by atoms with Gasteiger partial charge in [-0.3, -0.25) is 0 Å². The van der Waals surface area contributed by atoms with Crippen LogP contribution >= 0.6 is 23.2 Å². The Morgan fingerprint density at radius 3 is 2.53 bits per heavy atom. The number of nitrogens with zero attached hydrogens (tertiary/aromatic N) is 2. The number of benzene rings is 1. The van der Waals surface area contributed by atoms with Crippen LogP contribution in [0.1, 0.15) is 24.6 Å². The minimum Gasteiger partial charge on any atom is -0.334 e. The van der Waals surface area contributed by atoms with Crippen LogP contribution in [0.4, 0.5) is 0 Å². The molecule has 6 heteroatoms. The van der Waals surface area contributed by atoms with Gasteiger partial charge in [-0.15, -0.1) is 0 Å². The van der Waals surface area contributed by atoms with Crippen LogP contribution in [0.15, 0.2) is 22.7 Å². The largest absolute Gasteiger partial charge is 0.334 e. The highest BCUT2D eigenvalue weighted by Gasteiger charge is 2.22. The molecule has 19 heavy (non-hydrogen) atoms. The lowest BCUT2D eigenvalue weighted by Crippen LogP contribution is -2.27. The molecule has 4 nitrogen and oxygen atoms in total. The minimum absolute atomic E-state index is 0.347. The van der Waals surface area contributed by atoms with Gasteiger partial charge in [-0.05, 0) is 38.1 Å². The van der Waals surface area contributed by atoms with E-state index in [1.165, 1.54) is 0 Å². The predicted molar refractivity (Wildman–Crippen MR) is 74.6 cm³/mol. The van der Waals surface area contributed by atoms with E-state index in [2.05, 4.69) is 15.5 Å². The molecule has 1 aliphatic rings. The van der Waals surface area contributed by atoms with Gasteiger partial charge in [0.2, 0.25) is 0 Å². The van der Waals surface area contributed by atoms with Crippen molar-refractivity contribution < 1.29 is 4.52 Å². The van der Waals surface area contributed by atoms with Crippen molar-refractivity contribution in [3.63, 3.8) is 0 Å². The first-order valence-electron chi connectivity index (χ1n) is 6.24. The Balaban J connectivity index is 1.92. The molecule has 0 saturated carbocycles. The quantitative estimate of drug-likeness (QED) is 0.921. The Kier molecular flexibility index (Phi) is 3.73. The Morgan fingerprint density at radius 1 is 1.16 bits per heavy atom. The summed E-state index contributed by atoms with van der Waals surface area (Å²) in [6, 6.07) is 5.31. The maximum absolute atomic E-state index is 6.14. The number of aromatic nitrogens is 2. The molecule has 1 aromatic heterocycles. The van der Waals surface area contributed by atoms with Gasteiger partial charge in [0, 0.05) is 5.92 Å². The molecule has 1 fully saturated rings. The topological polar surface area (TPSA) is 51.0 Å². The van der Waals surface area contributed by atoms with Crippen LogP contribution in [-0.4, -0.2) is 23.2 Å². The van der Waals surface area contributed by atoms with E-state index in [9.17, 15) is 0 Å². The van der Waals surface area contributed by atoms with E-state index in [1.54, 1.807) is 18.2 Å². The molecule has 0 spiro atoms. The summed E-state index contributed by atoms with van der Waals surface area (Å²) in [5.74, 6) is 1.48. The molecule has 100 valence electrons. The summed E-state index contributed by atoms with van der Waals surface area (Å²) < 4.78 is 5.32. The zero-order chi connectivity index (χ0) is 13.2. The van der Waals surface area contributed by atoms with E-state index in [0.717, 1.165) is 31.8 Å². The second kappa shape index (κ2) is 5.49. The maximum atomic E-state index is 6.14. The molecule has 3 rings (SSSR count). The highest BCUT2D eigenvalue weighted by molar-refractivity contribution is 6.38. The Labute approximate surface area is 121 Å². The summed E-state index contributed by atoms with van der Waals surface area (Å²) in [5, 5.41) is 8.42. The van der Waals surface area contributed by atoms with Crippen LogP contribution in [0.3, 0.4) is 0 Å². The smallest absolute Gasteiger partial charge is 0.260 e. The lowest BCUT2D eigenvalue weighted by molar-refractivity contribution is 0.392. The Bertz CT molecular complexity index is 559. The summed E-state index contributed by atoms with van der Waals surface area (Å²) in [5.41, 5.74) is 0.610. The van der Waals surface area contributed by atoms with Crippen LogP contribution in [-0.2, 0) is 0 Å². The van der Waals surface area contributed by atoms with Crippen molar-refractivity contribution in [1.29, 1.82) is 0 Å². The average Bonchev–Trinajstić information content (AvgIpc) is 2.89. The number of hydrogen-bond acceptors (Lipinski definition) is 4. The standard InChI is InChI=1S/C13H13Cl2N3O/c14-9-2-1-3-10(15)11(9)13-17-12(18-19-13)8-4-6-16-7-5-8/h1-3,8,16H,4-7H2. The molecular formula is C13H13Cl2N3O. The van der Waals surface area contributed by atoms with Crippen molar-refractivity contribution >= 4 is 23.2 Å². The molecule has 1 saturated heterocycles. The van der Waals surface area contributed by atoms with Crippen molar-refractivity contribution in [3.8, 4) is 11.5 Å². The number of nitrogens with one attached hydrogen (secondary N) is 1. The van der Waals surface area contributed by atoms with E-state index in [-0.39, 0.29) is 0 Å². The Morgan fingerprint density at radius 2 is 1.84 bits per heavy atom. The normalized spacial score (nSPS) is 16.7. The summed E-state index contributed by atoms with van der Waals surface area (Å²) in [4.78, 5) is 4.45. The number of halogens is 2. The molecule has 1 aromatic carbocycles. The highest BCUT2D eigenvalue weighted by atomic mass is 35.5. The summed E-state index contributed by atoms with van der Waals surface area (Å²) >= 11 is 12.3. The van der Waals surface area contributed by atoms with Gasteiger partial charge < -0.3 is 9.84 Å². The second-order valence-electron chi connectivity index (χ2n) is 4.58. The lowest BCUT2D eigenvalue weighted by Gasteiger charge is -2.18. The van der Waals surface area contributed by atoms with Crippen LogP contribution in [0.25, 0.3) is 11.5 Å². The van der Waals surface area contributed by atoms with Crippen LogP contribution in [0, 0.1) is 0 Å². The van der Waals surface area contributed by atoms with Gasteiger partial charge in [0.25, 0.3) is 5.89 Å². The molecule has 0 atom stereocenters. The van der Waals surface area contributed by atoms with Gasteiger partial charge in [0.05, 0.1) is 15.6 Å². The van der Waals surface area contributed by atoms with E-state index in [0.29, 0.717) is 27.4 Å². The van der Waals surface area contributed by atoms with Crippen molar-refractivity contribution in [2.24, 2.45) is 0 Å². The van der Waals surface area contributed by atoms with Gasteiger partial charge in [0.1, 0.15) is 0 Å². The zero-order valence-corrected chi connectivity index (χ0v) is 11.7. The summed E-state index contributed by atoms with van der Waals surface area (Å²) in [6.45, 7) is 1.97. The fourth-order valence-electron chi connectivity index (χ4n) is 2.28. The van der Waals surface area contributed by atoms with Gasteiger partial charge in [-0.1, -0.05) is 34.4 Å². The highest BCUT2D eigenvalue weighted by Crippen LogP contribution is 2.34. The number of hydrogen-bond donors (Lipinski definition) is 1. The van der Waals surface area contributed by atoms with Crippen LogP contribution in [0.5, 0.6) is 0 Å². The van der Waals surface area contributed by atoms with Gasteiger partial charge in [-0.25, -0.2) is 0 Å². The molecule has 0 bridgehead atoms. The zero-order valence-electron chi connectivity index (χ0n) is 10.2. The molecule has 2 aromatic rings. The third-order valence-electron chi connectivity index (χ3n) is 3.32. The molecule has 0 radical (unpaired) electrons. The molecule has 1 N–H and O–H groups in total. The van der Waals surface area contributed by atoms with E-state index < -0.39 is 0 Å². The van der Waals surface area contributed by atoms with Crippen LogP contribution in [0.2, 0.25) is 10.0 Å². The minimum atomic E-state index is 0.347. The first-order valence-corrected chi connectivity index (χ1v) is 7.00. The SMILES string of the molecule is Clc1cccc(Cl)c1-c1nc(C2CCNCC2)no1. The predicted octanol–water partition coefficient (Wildman–Crippen LogP) is 3.51. The average molecular weight is 298 g/mol. The fourth-order valence-corrected chi connectivity index (χ4v) is 2.84. The molecular weight excluding hydrogens is 285 g/mol. The van der Waals surface area contributed by atoms with Crippen LogP contribution < -0.4 is 5.32 Å². The van der Waals surface area contributed by atoms with Crippen molar-refractivity contribution in [3.05, 3.63) is 34.1 Å². The summed E-state index contributed by atoms with van der Waals surface area (Å²) in [6.07, 6.45) is 2.05. The van der Waals surface area contributed by atoms with Gasteiger partial charge in [0.15, 0.2) is 5.82 Å². The second-order valence-corrected chi connectivity index (χ2v) is 5.39. The van der Waals surface area contributed by atoms with Crippen molar-refractivity contribution in [1.82, 2.24) is 15.5 Å². The first-order chi connectivity index (χ1) is 9.25. The third kappa shape index (κ3) is 2.61. The first kappa shape index (κ1) is 12.9. The number of piperidine rings is 1. The third-order valence-corrected chi connectivity index (χ3v) is 3.95. The lowest BCUT2D eigenvalue weighted by atomic mass is 9.98. The molecule has 0 amide bonds. The van der Waals surface area contributed by atoms with Crippen molar-refractivity contribution in [2.75, 3.05) is 13.1 Å². The van der Waals surface area contributed by atoms with Gasteiger partial charge in [-0.2, -0.15) is 4.98 Å². The van der Waals surface area contributed by atoms with E-state index in [4.69, 9.17) is 27.7 Å². The van der Waals surface area contributed by atoms with Gasteiger partial charge >= 0.3 is 0 Å². The Hall–Kier alpha value is -1.10. The maximum Gasteiger partial charge on any atom is 0.260 e. The summed E-state index contributed by atoms with van der Waals surface area (Å²) in [7, 11) is 0. The van der Waals surface area contributed by atoms with E-state index >= 15 is 0 Å². The number of rotatable bonds is 2. The van der Waals surface area contributed by atoms with E-state index in [1.807, 2.05) is 0 Å². The fraction of sp³-hybridized carbons (Fsp3) is 0.385. The van der Waals surface area contributed by atoms with Crippen molar-refractivity contribution in [2.45, 2.75) is 18.8 Å². The molecule has 0 unspecified atom stereocenters. The molecule has 1 aliphatic heterocycles. The molecule has 2 heterocycles. The molecule has 0 aliphatic carbocycles.